The van der Waals surface area contributed by atoms with Crippen molar-refractivity contribution in [3.05, 3.63) is 5.69 Å². The Bertz CT molecular complexity index is 397. The number of H-pyrrole nitrogens is 1. The Kier molecular flexibility index (Phi) is 4.44. The maximum absolute atomic E-state index is 6.09. The molecule has 0 aromatic carbocycles. The largest absolute Gasteiger partial charge is 0.478 e. The van der Waals surface area contributed by atoms with Crippen molar-refractivity contribution in [2.75, 3.05) is 19.5 Å². The van der Waals surface area contributed by atoms with Gasteiger partial charge in [-0.05, 0) is 18.1 Å². The molecule has 0 saturated heterocycles. The quantitative estimate of drug-likeness (QED) is 0.807. The van der Waals surface area contributed by atoms with Crippen LogP contribution in [-0.2, 0) is 10.8 Å². The summed E-state index contributed by atoms with van der Waals surface area (Å²) >= 11 is 0. The fraction of sp³-hybridized carbons (Fsp3) is 0.750. The van der Waals surface area contributed by atoms with E-state index in [1.165, 1.54) is 0 Å². The van der Waals surface area contributed by atoms with Crippen LogP contribution in [0, 0.1) is 0 Å². The summed E-state index contributed by atoms with van der Waals surface area (Å²) in [5, 5.41) is 7.09. The van der Waals surface area contributed by atoms with Gasteiger partial charge in [-0.15, -0.1) is 5.10 Å². The van der Waals surface area contributed by atoms with Gasteiger partial charge in [-0.2, -0.15) is 0 Å². The van der Waals surface area contributed by atoms with Crippen LogP contribution in [0.5, 0.6) is 5.88 Å². The van der Waals surface area contributed by atoms with E-state index in [0.29, 0.717) is 18.2 Å². The van der Waals surface area contributed by atoms with E-state index in [1.54, 1.807) is 7.11 Å². The molecule has 0 saturated carbocycles. The molecular formula is C12H25N3O2Si. The van der Waals surface area contributed by atoms with Gasteiger partial charge in [0.25, 0.3) is 5.88 Å². The fourth-order valence-electron chi connectivity index (χ4n) is 1.34. The Hall–Kier alpha value is -1.01. The number of nitrogen functional groups attached to an aromatic ring is 1. The average Bonchev–Trinajstić information content (AvgIpc) is 2.58. The third-order valence-electron chi connectivity index (χ3n) is 3.66. The molecule has 0 aliphatic carbocycles. The van der Waals surface area contributed by atoms with Gasteiger partial charge < -0.3 is 14.9 Å². The molecule has 0 unspecified atom stereocenters. The number of hydrogen-bond donors (Lipinski definition) is 2. The molecule has 1 aromatic heterocycles. The molecule has 104 valence electrons. The van der Waals surface area contributed by atoms with Crippen molar-refractivity contribution in [1.29, 1.82) is 0 Å². The summed E-state index contributed by atoms with van der Waals surface area (Å²) in [5.74, 6) is 0.456. The molecular weight excluding hydrogens is 246 g/mol. The molecule has 0 atom stereocenters. The Morgan fingerprint density at radius 1 is 1.33 bits per heavy atom. The standard InChI is InChI=1S/C12H25N3O2Si/c1-12(2,3)18(5,6)17-8-7-9-10(13)11(16-4)15-14-9/h7-8,13H2,1-6H3,(H,14,15). The molecule has 0 bridgehead atoms. The van der Waals surface area contributed by atoms with Crippen molar-refractivity contribution in [3.8, 4) is 5.88 Å². The van der Waals surface area contributed by atoms with E-state index in [4.69, 9.17) is 14.9 Å². The lowest BCUT2D eigenvalue weighted by molar-refractivity contribution is 0.291. The normalized spacial score (nSPS) is 12.8. The summed E-state index contributed by atoms with van der Waals surface area (Å²) in [6.07, 6.45) is 0.731. The van der Waals surface area contributed by atoms with Crippen LogP contribution in [0.25, 0.3) is 0 Å². The molecule has 0 radical (unpaired) electrons. The van der Waals surface area contributed by atoms with Crippen LogP contribution >= 0.6 is 0 Å². The molecule has 1 heterocycles. The zero-order valence-electron chi connectivity index (χ0n) is 12.3. The lowest BCUT2D eigenvalue weighted by atomic mass is 10.2. The van der Waals surface area contributed by atoms with Crippen LogP contribution in [0.4, 0.5) is 5.69 Å². The number of aromatic nitrogens is 2. The summed E-state index contributed by atoms with van der Waals surface area (Å²) in [5.41, 5.74) is 7.35. The van der Waals surface area contributed by atoms with E-state index in [0.717, 1.165) is 12.1 Å². The van der Waals surface area contributed by atoms with E-state index in [9.17, 15) is 0 Å². The Balaban J connectivity index is 2.54. The molecule has 6 heteroatoms. The van der Waals surface area contributed by atoms with Crippen LogP contribution in [0.3, 0.4) is 0 Å². The molecule has 1 rings (SSSR count). The van der Waals surface area contributed by atoms with Gasteiger partial charge in [-0.1, -0.05) is 20.8 Å². The van der Waals surface area contributed by atoms with Crippen LogP contribution in [0.15, 0.2) is 0 Å². The molecule has 18 heavy (non-hydrogen) atoms. The maximum atomic E-state index is 6.09. The number of hydrogen-bond acceptors (Lipinski definition) is 4. The van der Waals surface area contributed by atoms with Crippen LogP contribution in [0.2, 0.25) is 18.1 Å². The molecule has 0 aliphatic heterocycles. The lowest BCUT2D eigenvalue weighted by Gasteiger charge is -2.36. The number of nitrogens with one attached hydrogen (secondary N) is 1. The van der Waals surface area contributed by atoms with Crippen LogP contribution in [0.1, 0.15) is 26.5 Å². The SMILES string of the molecule is COc1n[nH]c(CCO[Si](C)(C)C(C)(C)C)c1N. The number of nitrogens with zero attached hydrogens (tertiary/aromatic N) is 1. The highest BCUT2D eigenvalue weighted by Crippen LogP contribution is 2.36. The summed E-state index contributed by atoms with van der Waals surface area (Å²) in [7, 11) is -0.126. The molecule has 3 N–H and O–H groups in total. The van der Waals surface area contributed by atoms with Crippen molar-refractivity contribution in [2.45, 2.75) is 45.3 Å². The first kappa shape index (κ1) is 15.0. The van der Waals surface area contributed by atoms with Crippen LogP contribution < -0.4 is 10.5 Å². The van der Waals surface area contributed by atoms with Gasteiger partial charge in [0, 0.05) is 13.0 Å². The van der Waals surface area contributed by atoms with Crippen molar-refractivity contribution in [3.63, 3.8) is 0 Å². The van der Waals surface area contributed by atoms with Crippen LogP contribution in [-0.4, -0.2) is 32.2 Å². The third kappa shape index (κ3) is 3.26. The number of aromatic amines is 1. The second-order valence-electron chi connectivity index (χ2n) is 5.98. The zero-order valence-corrected chi connectivity index (χ0v) is 13.3. The van der Waals surface area contributed by atoms with Gasteiger partial charge in [0.15, 0.2) is 8.32 Å². The summed E-state index contributed by atoms with van der Waals surface area (Å²) in [6, 6.07) is 0. The second-order valence-corrected chi connectivity index (χ2v) is 10.8. The maximum Gasteiger partial charge on any atom is 0.256 e. The van der Waals surface area contributed by atoms with E-state index >= 15 is 0 Å². The van der Waals surface area contributed by atoms with Crippen molar-refractivity contribution < 1.29 is 9.16 Å². The molecule has 0 amide bonds. The first-order valence-corrected chi connectivity index (χ1v) is 9.10. The van der Waals surface area contributed by atoms with E-state index in [1.807, 2.05) is 0 Å². The number of nitrogens with two attached hydrogens (primary N) is 1. The third-order valence-corrected chi connectivity index (χ3v) is 8.20. The highest BCUT2D eigenvalue weighted by Gasteiger charge is 2.36. The van der Waals surface area contributed by atoms with Gasteiger partial charge in [-0.3, -0.25) is 5.10 Å². The van der Waals surface area contributed by atoms with Crippen molar-refractivity contribution in [1.82, 2.24) is 10.2 Å². The monoisotopic (exact) mass is 271 g/mol. The highest BCUT2D eigenvalue weighted by atomic mass is 28.4. The first-order chi connectivity index (χ1) is 8.19. The minimum Gasteiger partial charge on any atom is -0.478 e. The van der Waals surface area contributed by atoms with Gasteiger partial charge in [0.1, 0.15) is 5.69 Å². The minimum absolute atomic E-state index is 0.226. The minimum atomic E-state index is -1.68. The number of methoxy groups -OCH3 is 1. The number of ether oxygens (including phenoxy) is 1. The van der Waals surface area contributed by atoms with Gasteiger partial charge >= 0.3 is 0 Å². The number of anilines is 1. The van der Waals surface area contributed by atoms with Gasteiger partial charge in [-0.25, -0.2) is 0 Å². The Labute approximate surface area is 110 Å². The predicted molar refractivity (Wildman–Crippen MR) is 76.4 cm³/mol. The van der Waals surface area contributed by atoms with Crippen molar-refractivity contribution >= 4 is 14.0 Å². The van der Waals surface area contributed by atoms with Gasteiger partial charge in [0.2, 0.25) is 0 Å². The van der Waals surface area contributed by atoms with Gasteiger partial charge in [0.05, 0.1) is 12.8 Å². The number of rotatable bonds is 5. The Morgan fingerprint density at radius 3 is 2.39 bits per heavy atom. The smallest absolute Gasteiger partial charge is 0.256 e. The Morgan fingerprint density at radius 2 is 1.94 bits per heavy atom. The van der Waals surface area contributed by atoms with E-state index in [-0.39, 0.29) is 5.04 Å². The molecule has 1 aromatic rings. The molecule has 0 spiro atoms. The summed E-state index contributed by atoms with van der Waals surface area (Å²) < 4.78 is 11.1. The fourth-order valence-corrected chi connectivity index (χ4v) is 2.38. The highest BCUT2D eigenvalue weighted by molar-refractivity contribution is 6.74. The molecule has 0 aliphatic rings. The summed E-state index contributed by atoms with van der Waals surface area (Å²) in [6.45, 7) is 11.8. The average molecular weight is 271 g/mol. The zero-order chi connectivity index (χ0) is 14.0. The topological polar surface area (TPSA) is 73.2 Å². The van der Waals surface area contributed by atoms with E-state index < -0.39 is 8.32 Å². The summed E-state index contributed by atoms with van der Waals surface area (Å²) in [4.78, 5) is 0. The molecule has 5 nitrogen and oxygen atoms in total. The van der Waals surface area contributed by atoms with E-state index in [2.05, 4.69) is 44.1 Å². The molecule has 0 fully saturated rings. The predicted octanol–water partition coefficient (Wildman–Crippen LogP) is 2.56. The second kappa shape index (κ2) is 5.32. The lowest BCUT2D eigenvalue weighted by Crippen LogP contribution is -2.41. The first-order valence-electron chi connectivity index (χ1n) is 6.19. The van der Waals surface area contributed by atoms with Crippen molar-refractivity contribution in [2.24, 2.45) is 0 Å².